The first-order valence-electron chi connectivity index (χ1n) is 5.57. The van der Waals surface area contributed by atoms with Gasteiger partial charge in [-0.1, -0.05) is 0 Å². The molecule has 0 atom stereocenters. The number of aromatic nitrogens is 2. The predicted molar refractivity (Wildman–Crippen MR) is 62.7 cm³/mol. The fourth-order valence-corrected chi connectivity index (χ4v) is 1.10. The largest absolute Gasteiger partial charge is 0.476 e. The van der Waals surface area contributed by atoms with Crippen LogP contribution >= 0.6 is 0 Å². The number of hydrogen-bond acceptors (Lipinski definition) is 6. The quantitative estimate of drug-likeness (QED) is 0.629. The van der Waals surface area contributed by atoms with Crippen molar-refractivity contribution in [3.8, 4) is 5.88 Å². The van der Waals surface area contributed by atoms with Gasteiger partial charge in [0.15, 0.2) is 0 Å². The van der Waals surface area contributed by atoms with Gasteiger partial charge in [0.2, 0.25) is 5.88 Å². The summed E-state index contributed by atoms with van der Waals surface area (Å²) in [4.78, 5) is 8.15. The number of rotatable bonds is 9. The fourth-order valence-electron chi connectivity index (χ4n) is 1.10. The Bertz CT molecular complexity index is 293. The molecular weight excluding hydrogens is 222 g/mol. The van der Waals surface area contributed by atoms with Crippen molar-refractivity contribution in [2.45, 2.75) is 13.0 Å². The maximum atomic E-state index is 5.41. The van der Waals surface area contributed by atoms with Crippen molar-refractivity contribution < 1.29 is 14.2 Å². The molecule has 1 aromatic heterocycles. The van der Waals surface area contributed by atoms with Gasteiger partial charge in [0, 0.05) is 26.7 Å². The molecule has 1 aromatic rings. The second-order valence-corrected chi connectivity index (χ2v) is 3.36. The number of nitrogens with zero attached hydrogens (tertiary/aromatic N) is 2. The van der Waals surface area contributed by atoms with Crippen LogP contribution in [0.5, 0.6) is 5.88 Å². The summed E-state index contributed by atoms with van der Waals surface area (Å²) >= 11 is 0. The molecule has 0 aliphatic carbocycles. The highest BCUT2D eigenvalue weighted by Gasteiger charge is 1.97. The maximum Gasteiger partial charge on any atom is 0.232 e. The first kappa shape index (κ1) is 13.8. The minimum absolute atomic E-state index is 0.390. The Morgan fingerprint density at radius 1 is 1.12 bits per heavy atom. The van der Waals surface area contributed by atoms with E-state index in [1.807, 2.05) is 0 Å². The first-order chi connectivity index (χ1) is 8.36. The molecule has 0 unspecified atom stereocenters. The Morgan fingerprint density at radius 2 is 2.00 bits per heavy atom. The zero-order valence-electron chi connectivity index (χ0n) is 10.1. The van der Waals surface area contributed by atoms with Crippen LogP contribution in [-0.2, 0) is 16.0 Å². The van der Waals surface area contributed by atoms with Gasteiger partial charge in [-0.2, -0.15) is 0 Å². The number of nitrogens with two attached hydrogens (primary N) is 1. The average Bonchev–Trinajstić information content (AvgIpc) is 2.38. The molecule has 0 bridgehead atoms. The zero-order chi connectivity index (χ0) is 12.3. The topological polar surface area (TPSA) is 79.5 Å². The highest BCUT2D eigenvalue weighted by Crippen LogP contribution is 2.03. The monoisotopic (exact) mass is 241 g/mol. The summed E-state index contributed by atoms with van der Waals surface area (Å²) in [6.45, 7) is 2.83. The lowest BCUT2D eigenvalue weighted by molar-refractivity contribution is 0.0642. The van der Waals surface area contributed by atoms with E-state index < -0.39 is 0 Å². The van der Waals surface area contributed by atoms with E-state index in [0.29, 0.717) is 38.9 Å². The molecule has 0 saturated carbocycles. The lowest BCUT2D eigenvalue weighted by Gasteiger charge is -2.06. The summed E-state index contributed by atoms with van der Waals surface area (Å²) < 4.78 is 15.5. The molecule has 0 aliphatic rings. The third-order valence-corrected chi connectivity index (χ3v) is 2.01. The highest BCUT2D eigenvalue weighted by molar-refractivity contribution is 5.06. The molecule has 0 saturated heterocycles. The molecule has 2 N–H and O–H groups in total. The fraction of sp³-hybridized carbons (Fsp3) is 0.636. The zero-order valence-corrected chi connectivity index (χ0v) is 10.1. The predicted octanol–water partition coefficient (Wildman–Crippen LogP) is 0.367. The summed E-state index contributed by atoms with van der Waals surface area (Å²) in [6, 6.07) is 0. The van der Waals surface area contributed by atoms with Gasteiger partial charge in [-0.3, -0.25) is 4.98 Å². The molecule has 1 rings (SSSR count). The minimum Gasteiger partial charge on any atom is -0.476 e. The molecule has 1 heterocycles. The lowest BCUT2D eigenvalue weighted by Crippen LogP contribution is -2.08. The molecule has 0 fully saturated rings. The maximum absolute atomic E-state index is 5.41. The smallest absolute Gasteiger partial charge is 0.232 e. The van der Waals surface area contributed by atoms with Crippen LogP contribution in [0.15, 0.2) is 12.4 Å². The first-order valence-corrected chi connectivity index (χ1v) is 5.57. The summed E-state index contributed by atoms with van der Waals surface area (Å²) in [5, 5.41) is 0. The highest BCUT2D eigenvalue weighted by atomic mass is 16.5. The van der Waals surface area contributed by atoms with Gasteiger partial charge in [0.05, 0.1) is 37.9 Å². The standard InChI is InChI=1S/C11H19N3O3/c1-15-5-6-16-3-2-4-17-11-9-13-10(7-12)8-14-11/h8-9H,2-7,12H2,1H3. The molecule has 17 heavy (non-hydrogen) atoms. The van der Waals surface area contributed by atoms with E-state index in [0.717, 1.165) is 12.1 Å². The molecular formula is C11H19N3O3. The van der Waals surface area contributed by atoms with Gasteiger partial charge in [0.25, 0.3) is 0 Å². The van der Waals surface area contributed by atoms with Crippen molar-refractivity contribution >= 4 is 0 Å². The van der Waals surface area contributed by atoms with Gasteiger partial charge in [-0.25, -0.2) is 4.98 Å². The second-order valence-electron chi connectivity index (χ2n) is 3.36. The van der Waals surface area contributed by atoms with Crippen LogP contribution in [0, 0.1) is 0 Å². The van der Waals surface area contributed by atoms with Gasteiger partial charge < -0.3 is 19.9 Å². The molecule has 0 spiro atoms. The van der Waals surface area contributed by atoms with E-state index >= 15 is 0 Å². The van der Waals surface area contributed by atoms with Gasteiger partial charge in [-0.15, -0.1) is 0 Å². The summed E-state index contributed by atoms with van der Waals surface area (Å²) in [5.74, 6) is 0.513. The van der Waals surface area contributed by atoms with Crippen LogP contribution in [0.2, 0.25) is 0 Å². The van der Waals surface area contributed by atoms with Crippen molar-refractivity contribution in [2.75, 3.05) is 33.5 Å². The Morgan fingerprint density at radius 3 is 2.65 bits per heavy atom. The normalized spacial score (nSPS) is 10.5. The Kier molecular flexibility index (Phi) is 7.20. The van der Waals surface area contributed by atoms with Crippen LogP contribution in [0.25, 0.3) is 0 Å². The SMILES string of the molecule is COCCOCCCOc1cnc(CN)cn1. The number of ether oxygens (including phenoxy) is 3. The van der Waals surface area contributed by atoms with Gasteiger partial charge >= 0.3 is 0 Å². The van der Waals surface area contributed by atoms with E-state index in [9.17, 15) is 0 Å². The molecule has 0 radical (unpaired) electrons. The van der Waals surface area contributed by atoms with Crippen LogP contribution in [0.1, 0.15) is 12.1 Å². The van der Waals surface area contributed by atoms with E-state index in [2.05, 4.69) is 9.97 Å². The Hall–Kier alpha value is -1.24. The van der Waals surface area contributed by atoms with E-state index in [1.54, 1.807) is 19.5 Å². The second kappa shape index (κ2) is 8.86. The average molecular weight is 241 g/mol. The van der Waals surface area contributed by atoms with Crippen molar-refractivity contribution in [1.29, 1.82) is 0 Å². The van der Waals surface area contributed by atoms with E-state index in [4.69, 9.17) is 19.9 Å². The van der Waals surface area contributed by atoms with Crippen LogP contribution in [0.3, 0.4) is 0 Å². The molecule has 0 amide bonds. The van der Waals surface area contributed by atoms with Crippen LogP contribution < -0.4 is 10.5 Å². The van der Waals surface area contributed by atoms with Gasteiger partial charge in [-0.05, 0) is 0 Å². The Balaban J connectivity index is 2.05. The van der Waals surface area contributed by atoms with Crippen molar-refractivity contribution in [2.24, 2.45) is 5.73 Å². The number of hydrogen-bond donors (Lipinski definition) is 1. The number of methoxy groups -OCH3 is 1. The van der Waals surface area contributed by atoms with Crippen molar-refractivity contribution in [3.63, 3.8) is 0 Å². The van der Waals surface area contributed by atoms with Crippen LogP contribution in [-0.4, -0.2) is 43.5 Å². The van der Waals surface area contributed by atoms with E-state index in [1.165, 1.54) is 0 Å². The van der Waals surface area contributed by atoms with E-state index in [-0.39, 0.29) is 0 Å². The lowest BCUT2D eigenvalue weighted by atomic mass is 10.4. The van der Waals surface area contributed by atoms with Crippen LogP contribution in [0.4, 0.5) is 0 Å². The minimum atomic E-state index is 0.390. The summed E-state index contributed by atoms with van der Waals surface area (Å²) in [7, 11) is 1.65. The summed E-state index contributed by atoms with van der Waals surface area (Å²) in [5.41, 5.74) is 6.16. The Labute approximate surface area is 101 Å². The molecule has 6 nitrogen and oxygen atoms in total. The third kappa shape index (κ3) is 6.15. The third-order valence-electron chi connectivity index (χ3n) is 2.01. The van der Waals surface area contributed by atoms with Crippen molar-refractivity contribution in [1.82, 2.24) is 9.97 Å². The molecule has 96 valence electrons. The molecule has 6 heteroatoms. The summed E-state index contributed by atoms with van der Waals surface area (Å²) in [6.07, 6.45) is 4.00. The van der Waals surface area contributed by atoms with Gasteiger partial charge in [0.1, 0.15) is 0 Å². The molecule has 0 aliphatic heterocycles. The van der Waals surface area contributed by atoms with Crippen molar-refractivity contribution in [3.05, 3.63) is 18.1 Å². The molecule has 0 aromatic carbocycles.